The molecule has 2 aromatic rings. The fourth-order valence-corrected chi connectivity index (χ4v) is 3.89. The smallest absolute Gasteiger partial charge is 0.231 e. The Morgan fingerprint density at radius 3 is 2.74 bits per heavy atom. The van der Waals surface area contributed by atoms with Gasteiger partial charge in [-0.1, -0.05) is 0 Å². The van der Waals surface area contributed by atoms with Crippen molar-refractivity contribution >= 4 is 22.7 Å². The third-order valence-corrected chi connectivity index (χ3v) is 5.28. The zero-order valence-electron chi connectivity index (χ0n) is 13.2. The zero-order chi connectivity index (χ0) is 15.6. The van der Waals surface area contributed by atoms with E-state index in [9.17, 15) is 0 Å². The molecule has 0 aliphatic carbocycles. The van der Waals surface area contributed by atoms with E-state index in [1.54, 1.807) is 0 Å². The highest BCUT2D eigenvalue weighted by molar-refractivity contribution is 7.99. The second-order valence-corrected chi connectivity index (χ2v) is 6.89. The molecule has 1 aromatic carbocycles. The van der Waals surface area contributed by atoms with Gasteiger partial charge in [-0.05, 0) is 24.6 Å². The van der Waals surface area contributed by atoms with E-state index in [1.807, 2.05) is 23.9 Å². The van der Waals surface area contributed by atoms with Crippen molar-refractivity contribution in [3.63, 3.8) is 0 Å². The lowest BCUT2D eigenvalue weighted by Crippen LogP contribution is -2.37. The Kier molecular flexibility index (Phi) is 4.29. The van der Waals surface area contributed by atoms with Gasteiger partial charge >= 0.3 is 0 Å². The number of ether oxygens (including phenoxy) is 3. The minimum absolute atomic E-state index is 0.297. The number of pyridine rings is 1. The Balaban J connectivity index is 1.48. The Labute approximate surface area is 139 Å². The summed E-state index contributed by atoms with van der Waals surface area (Å²) in [6.07, 6.45) is 0. The van der Waals surface area contributed by atoms with Gasteiger partial charge in [0.1, 0.15) is 0 Å². The van der Waals surface area contributed by atoms with E-state index in [2.05, 4.69) is 17.9 Å². The van der Waals surface area contributed by atoms with Gasteiger partial charge < -0.3 is 14.2 Å². The molecule has 5 nitrogen and oxygen atoms in total. The molecule has 0 atom stereocenters. The van der Waals surface area contributed by atoms with Crippen molar-refractivity contribution in [2.24, 2.45) is 0 Å². The van der Waals surface area contributed by atoms with Crippen LogP contribution in [0.4, 0.5) is 0 Å². The molecular weight excluding hydrogens is 312 g/mol. The molecule has 0 saturated carbocycles. The molecule has 1 aromatic heterocycles. The lowest BCUT2D eigenvalue weighted by Gasteiger charge is -2.26. The summed E-state index contributed by atoms with van der Waals surface area (Å²) in [5.74, 6) is 2.65. The molecule has 2 aliphatic heterocycles. The van der Waals surface area contributed by atoms with E-state index in [0.717, 1.165) is 66.0 Å². The number of fused-ring (bicyclic) bond motifs is 2. The Hall–Kier alpha value is -1.50. The lowest BCUT2D eigenvalue weighted by molar-refractivity contribution is 0.0410. The van der Waals surface area contributed by atoms with Crippen LogP contribution in [0.15, 0.2) is 23.2 Å². The molecular formula is C17H20N2O3S. The monoisotopic (exact) mass is 332 g/mol. The predicted molar refractivity (Wildman–Crippen MR) is 90.6 cm³/mol. The molecule has 2 aliphatic rings. The van der Waals surface area contributed by atoms with Crippen LogP contribution in [0.2, 0.25) is 0 Å². The first-order chi connectivity index (χ1) is 11.3. The van der Waals surface area contributed by atoms with E-state index >= 15 is 0 Å². The molecule has 3 heterocycles. The van der Waals surface area contributed by atoms with Crippen molar-refractivity contribution in [1.82, 2.24) is 9.88 Å². The minimum Gasteiger partial charge on any atom is -0.454 e. The average Bonchev–Trinajstić information content (AvgIpc) is 3.01. The molecule has 0 radical (unpaired) electrons. The molecule has 4 rings (SSSR count). The third kappa shape index (κ3) is 3.24. The summed E-state index contributed by atoms with van der Waals surface area (Å²) in [6.45, 7) is 7.27. The van der Waals surface area contributed by atoms with Gasteiger partial charge in [0.05, 0.1) is 23.8 Å². The maximum Gasteiger partial charge on any atom is 0.231 e. The lowest BCUT2D eigenvalue weighted by atomic mass is 10.1. The van der Waals surface area contributed by atoms with Crippen molar-refractivity contribution in [1.29, 1.82) is 0 Å². The summed E-state index contributed by atoms with van der Waals surface area (Å²) in [4.78, 5) is 7.27. The topological polar surface area (TPSA) is 43.8 Å². The number of morpholine rings is 1. The van der Waals surface area contributed by atoms with E-state index in [4.69, 9.17) is 19.2 Å². The fraction of sp³-hybridized carbons (Fsp3) is 0.471. The van der Waals surface area contributed by atoms with Crippen molar-refractivity contribution < 1.29 is 14.2 Å². The van der Waals surface area contributed by atoms with Crippen LogP contribution >= 0.6 is 11.8 Å². The number of hydrogen-bond donors (Lipinski definition) is 0. The number of hydrogen-bond acceptors (Lipinski definition) is 6. The summed E-state index contributed by atoms with van der Waals surface area (Å²) in [7, 11) is 0. The molecule has 122 valence electrons. The van der Waals surface area contributed by atoms with Crippen LogP contribution < -0.4 is 9.47 Å². The molecule has 0 amide bonds. The number of rotatable bonds is 4. The Morgan fingerprint density at radius 1 is 1.13 bits per heavy atom. The SMILES string of the molecule is Cc1cc2cc3c(cc2nc1SCCN1CCOCC1)OCO3. The van der Waals surface area contributed by atoms with Crippen LogP contribution in [0, 0.1) is 6.92 Å². The van der Waals surface area contributed by atoms with Gasteiger partial charge in [-0.25, -0.2) is 4.98 Å². The quantitative estimate of drug-likeness (QED) is 0.802. The third-order valence-electron chi connectivity index (χ3n) is 4.20. The first-order valence-electron chi connectivity index (χ1n) is 7.93. The largest absolute Gasteiger partial charge is 0.454 e. The average molecular weight is 332 g/mol. The highest BCUT2D eigenvalue weighted by Crippen LogP contribution is 2.36. The van der Waals surface area contributed by atoms with Crippen molar-refractivity contribution in [2.45, 2.75) is 11.9 Å². The van der Waals surface area contributed by atoms with Crippen molar-refractivity contribution in [2.75, 3.05) is 45.4 Å². The number of nitrogens with zero attached hydrogens (tertiary/aromatic N) is 2. The van der Waals surface area contributed by atoms with Crippen LogP contribution in [0.3, 0.4) is 0 Å². The number of aromatic nitrogens is 1. The van der Waals surface area contributed by atoms with Gasteiger partial charge in [0, 0.05) is 36.8 Å². The minimum atomic E-state index is 0.297. The number of benzene rings is 1. The number of thioether (sulfide) groups is 1. The highest BCUT2D eigenvalue weighted by atomic mass is 32.2. The number of aryl methyl sites for hydroxylation is 1. The maximum atomic E-state index is 5.45. The maximum absolute atomic E-state index is 5.45. The van der Waals surface area contributed by atoms with Crippen LogP contribution in [0.5, 0.6) is 11.5 Å². The van der Waals surface area contributed by atoms with Crippen LogP contribution in [-0.4, -0.2) is 55.3 Å². The predicted octanol–water partition coefficient (Wildman–Crippen LogP) is 2.70. The van der Waals surface area contributed by atoms with Gasteiger partial charge in [-0.2, -0.15) is 0 Å². The first kappa shape index (κ1) is 15.1. The second-order valence-electron chi connectivity index (χ2n) is 5.81. The highest BCUT2D eigenvalue weighted by Gasteiger charge is 2.16. The van der Waals surface area contributed by atoms with Crippen LogP contribution in [-0.2, 0) is 4.74 Å². The molecule has 6 heteroatoms. The molecule has 1 saturated heterocycles. The van der Waals surface area contributed by atoms with Gasteiger partial charge in [0.25, 0.3) is 0 Å². The normalized spacial score (nSPS) is 17.8. The van der Waals surface area contributed by atoms with E-state index < -0.39 is 0 Å². The Bertz CT molecular complexity index is 717. The van der Waals surface area contributed by atoms with E-state index in [0.29, 0.717) is 6.79 Å². The fourth-order valence-electron chi connectivity index (χ4n) is 2.89. The molecule has 1 fully saturated rings. The van der Waals surface area contributed by atoms with Crippen LogP contribution in [0.25, 0.3) is 10.9 Å². The summed E-state index contributed by atoms with van der Waals surface area (Å²) in [5.41, 5.74) is 2.18. The molecule has 0 N–H and O–H groups in total. The molecule has 0 unspecified atom stereocenters. The van der Waals surface area contributed by atoms with Gasteiger partial charge in [0.15, 0.2) is 11.5 Å². The van der Waals surface area contributed by atoms with E-state index in [-0.39, 0.29) is 0 Å². The van der Waals surface area contributed by atoms with Crippen molar-refractivity contribution in [3.05, 3.63) is 23.8 Å². The summed E-state index contributed by atoms with van der Waals surface area (Å²) < 4.78 is 16.3. The summed E-state index contributed by atoms with van der Waals surface area (Å²) >= 11 is 1.82. The molecule has 0 spiro atoms. The van der Waals surface area contributed by atoms with Crippen LogP contribution in [0.1, 0.15) is 5.56 Å². The Morgan fingerprint density at radius 2 is 1.91 bits per heavy atom. The second kappa shape index (κ2) is 6.55. The zero-order valence-corrected chi connectivity index (χ0v) is 14.0. The standard InChI is InChI=1S/C17H20N2O3S/c1-12-8-13-9-15-16(22-11-21-15)10-14(13)18-17(12)23-7-4-19-2-5-20-6-3-19/h8-10H,2-7,11H2,1H3. The van der Waals surface area contributed by atoms with Crippen molar-refractivity contribution in [3.8, 4) is 11.5 Å². The van der Waals surface area contributed by atoms with Gasteiger partial charge in [-0.3, -0.25) is 4.90 Å². The summed E-state index contributed by atoms with van der Waals surface area (Å²) in [5, 5.41) is 2.20. The van der Waals surface area contributed by atoms with E-state index in [1.165, 1.54) is 5.56 Å². The van der Waals surface area contributed by atoms with Gasteiger partial charge in [0.2, 0.25) is 6.79 Å². The summed E-state index contributed by atoms with van der Waals surface area (Å²) in [6, 6.07) is 6.17. The van der Waals surface area contributed by atoms with Gasteiger partial charge in [-0.15, -0.1) is 11.8 Å². The molecule has 23 heavy (non-hydrogen) atoms. The molecule has 0 bridgehead atoms. The first-order valence-corrected chi connectivity index (χ1v) is 8.92.